The van der Waals surface area contributed by atoms with Crippen LogP contribution in [0, 0.1) is 5.82 Å². The quantitative estimate of drug-likeness (QED) is 0.674. The Morgan fingerprint density at radius 2 is 1.96 bits per heavy atom. The molecule has 0 aliphatic rings. The van der Waals surface area contributed by atoms with Crippen LogP contribution in [0.4, 0.5) is 9.52 Å². The second-order valence-electron chi connectivity index (χ2n) is 5.79. The van der Waals surface area contributed by atoms with Crippen LogP contribution in [-0.4, -0.2) is 24.6 Å². The highest BCUT2D eigenvalue weighted by Crippen LogP contribution is 2.25. The highest BCUT2D eigenvalue weighted by Gasteiger charge is 2.11. The average molecular weight is 370 g/mol. The number of carbonyl (C=O) groups is 1. The highest BCUT2D eigenvalue weighted by molar-refractivity contribution is 7.14. The van der Waals surface area contributed by atoms with Crippen molar-refractivity contribution in [2.24, 2.45) is 0 Å². The molecule has 0 radical (unpaired) electrons. The van der Waals surface area contributed by atoms with Gasteiger partial charge in [-0.05, 0) is 23.6 Å². The van der Waals surface area contributed by atoms with Crippen molar-refractivity contribution in [1.82, 2.24) is 4.98 Å². The molecule has 1 N–H and O–H groups in total. The van der Waals surface area contributed by atoms with E-state index in [0.717, 1.165) is 17.7 Å². The molecule has 3 aromatic rings. The van der Waals surface area contributed by atoms with Crippen LogP contribution in [0.2, 0.25) is 0 Å². The van der Waals surface area contributed by atoms with Gasteiger partial charge in [-0.2, -0.15) is 0 Å². The molecule has 1 heterocycles. The maximum atomic E-state index is 13.6. The van der Waals surface area contributed by atoms with Crippen LogP contribution < -0.4 is 5.32 Å². The number of carbonyl (C=O) groups excluding carboxylic acids is 1. The molecule has 4 nitrogen and oxygen atoms in total. The number of methoxy groups -OCH3 is 1. The normalized spacial score (nSPS) is 10.7. The third-order valence-electron chi connectivity index (χ3n) is 3.90. The van der Waals surface area contributed by atoms with Crippen molar-refractivity contribution >= 4 is 22.4 Å². The zero-order chi connectivity index (χ0) is 18.4. The first-order chi connectivity index (χ1) is 12.7. The molecule has 6 heteroatoms. The van der Waals surface area contributed by atoms with Crippen LogP contribution in [0.1, 0.15) is 11.1 Å². The zero-order valence-corrected chi connectivity index (χ0v) is 15.2. The van der Waals surface area contributed by atoms with E-state index in [2.05, 4.69) is 10.3 Å². The number of thiazole rings is 1. The fraction of sp³-hybridized carbons (Fsp3) is 0.200. The Balaban J connectivity index is 1.62. The van der Waals surface area contributed by atoms with E-state index in [4.69, 9.17) is 4.74 Å². The highest BCUT2D eigenvalue weighted by atomic mass is 32.1. The molecule has 0 spiro atoms. The Labute approximate surface area is 155 Å². The van der Waals surface area contributed by atoms with Gasteiger partial charge in [-0.15, -0.1) is 11.3 Å². The van der Waals surface area contributed by atoms with Crippen molar-refractivity contribution in [3.63, 3.8) is 0 Å². The fourth-order valence-corrected chi connectivity index (χ4v) is 3.24. The molecule has 0 saturated carbocycles. The van der Waals surface area contributed by atoms with E-state index in [1.54, 1.807) is 25.3 Å². The Morgan fingerprint density at radius 1 is 1.19 bits per heavy atom. The average Bonchev–Trinajstić information content (AvgIpc) is 3.10. The van der Waals surface area contributed by atoms with E-state index in [1.165, 1.54) is 23.0 Å². The van der Waals surface area contributed by atoms with Crippen molar-refractivity contribution in [2.45, 2.75) is 12.8 Å². The minimum atomic E-state index is -0.379. The first-order valence-electron chi connectivity index (χ1n) is 8.23. The number of hydrogen-bond acceptors (Lipinski definition) is 4. The number of anilines is 1. The van der Waals surface area contributed by atoms with Gasteiger partial charge in [0.25, 0.3) is 0 Å². The summed E-state index contributed by atoms with van der Waals surface area (Å²) >= 11 is 1.35. The van der Waals surface area contributed by atoms with Gasteiger partial charge in [0.05, 0.1) is 18.7 Å². The summed E-state index contributed by atoms with van der Waals surface area (Å²) in [6, 6.07) is 14.4. The summed E-state index contributed by atoms with van der Waals surface area (Å²) < 4.78 is 18.7. The second-order valence-corrected chi connectivity index (χ2v) is 6.65. The van der Waals surface area contributed by atoms with Crippen molar-refractivity contribution in [1.29, 1.82) is 0 Å². The molecule has 0 unspecified atom stereocenters. The second kappa shape index (κ2) is 8.69. The van der Waals surface area contributed by atoms with E-state index < -0.39 is 0 Å². The number of nitrogens with one attached hydrogen (secondary N) is 1. The molecule has 0 atom stereocenters. The number of rotatable bonds is 7. The van der Waals surface area contributed by atoms with Crippen LogP contribution in [-0.2, 0) is 22.4 Å². The summed E-state index contributed by atoms with van der Waals surface area (Å²) in [7, 11) is 1.69. The Kier molecular flexibility index (Phi) is 6.09. The van der Waals surface area contributed by atoms with Crippen LogP contribution in [0.3, 0.4) is 0 Å². The van der Waals surface area contributed by atoms with Gasteiger partial charge in [0.15, 0.2) is 5.13 Å². The standard InChI is InChI=1S/C20H19FN2O2S/c1-25-11-10-14-6-8-15(9-7-14)18-13-26-20(22-18)23-19(24)12-16-4-2-3-5-17(16)21/h2-9,13H,10-12H2,1H3,(H,22,23,24). The molecule has 1 amide bonds. The maximum Gasteiger partial charge on any atom is 0.230 e. The molecular formula is C20H19FN2O2S. The lowest BCUT2D eigenvalue weighted by Gasteiger charge is -2.03. The van der Waals surface area contributed by atoms with Crippen molar-refractivity contribution < 1.29 is 13.9 Å². The van der Waals surface area contributed by atoms with E-state index in [0.29, 0.717) is 17.3 Å². The fourth-order valence-electron chi connectivity index (χ4n) is 2.50. The van der Waals surface area contributed by atoms with Gasteiger partial charge in [-0.25, -0.2) is 9.37 Å². The van der Waals surface area contributed by atoms with Gasteiger partial charge < -0.3 is 10.1 Å². The first kappa shape index (κ1) is 18.2. The lowest BCUT2D eigenvalue weighted by Crippen LogP contribution is -2.15. The zero-order valence-electron chi connectivity index (χ0n) is 14.4. The van der Waals surface area contributed by atoms with Gasteiger partial charge in [-0.3, -0.25) is 4.79 Å². The topological polar surface area (TPSA) is 51.2 Å². The number of nitrogens with zero attached hydrogens (tertiary/aromatic N) is 1. The minimum absolute atomic E-state index is 0.0181. The van der Waals surface area contributed by atoms with E-state index in [9.17, 15) is 9.18 Å². The molecule has 134 valence electrons. The lowest BCUT2D eigenvalue weighted by molar-refractivity contribution is -0.115. The molecule has 2 aromatic carbocycles. The van der Waals surface area contributed by atoms with E-state index >= 15 is 0 Å². The van der Waals surface area contributed by atoms with Crippen molar-refractivity contribution in [3.05, 3.63) is 70.9 Å². The maximum absolute atomic E-state index is 13.6. The molecule has 0 bridgehead atoms. The molecule has 0 saturated heterocycles. The van der Waals surface area contributed by atoms with Crippen molar-refractivity contribution in [2.75, 3.05) is 19.0 Å². The monoisotopic (exact) mass is 370 g/mol. The van der Waals surface area contributed by atoms with Gasteiger partial charge in [0, 0.05) is 18.1 Å². The number of amides is 1. The van der Waals surface area contributed by atoms with E-state index in [1.807, 2.05) is 29.6 Å². The SMILES string of the molecule is COCCc1ccc(-c2csc(NC(=O)Cc3ccccc3F)n2)cc1. The largest absolute Gasteiger partial charge is 0.384 e. The molecule has 0 fully saturated rings. The molecule has 1 aromatic heterocycles. The predicted octanol–water partition coefficient (Wildman–Crippen LogP) is 4.32. The lowest BCUT2D eigenvalue weighted by atomic mass is 10.1. The van der Waals surface area contributed by atoms with Gasteiger partial charge in [0.1, 0.15) is 5.82 Å². The van der Waals surface area contributed by atoms with Gasteiger partial charge >= 0.3 is 0 Å². The summed E-state index contributed by atoms with van der Waals surface area (Å²) in [4.78, 5) is 16.5. The summed E-state index contributed by atoms with van der Waals surface area (Å²) in [5.74, 6) is -0.665. The number of aromatic nitrogens is 1. The van der Waals surface area contributed by atoms with Crippen molar-refractivity contribution in [3.8, 4) is 11.3 Å². The number of halogens is 1. The predicted molar refractivity (Wildman–Crippen MR) is 102 cm³/mol. The third-order valence-corrected chi connectivity index (χ3v) is 4.66. The smallest absolute Gasteiger partial charge is 0.230 e. The molecule has 3 rings (SSSR count). The van der Waals surface area contributed by atoms with Gasteiger partial charge in [-0.1, -0.05) is 42.5 Å². The molecule has 26 heavy (non-hydrogen) atoms. The number of hydrogen-bond donors (Lipinski definition) is 1. The first-order valence-corrected chi connectivity index (χ1v) is 9.10. The Bertz CT molecular complexity index is 878. The summed E-state index contributed by atoms with van der Waals surface area (Å²) in [5.41, 5.74) is 3.35. The Morgan fingerprint density at radius 3 is 2.69 bits per heavy atom. The Hall–Kier alpha value is -2.57. The third kappa shape index (κ3) is 4.74. The summed E-state index contributed by atoms with van der Waals surface area (Å²) in [6.45, 7) is 0.689. The summed E-state index contributed by atoms with van der Waals surface area (Å²) in [5, 5.41) is 5.13. The molecule has 0 aliphatic heterocycles. The van der Waals surface area contributed by atoms with Crippen LogP contribution >= 0.6 is 11.3 Å². The minimum Gasteiger partial charge on any atom is -0.384 e. The molecule has 0 aliphatic carbocycles. The molecular weight excluding hydrogens is 351 g/mol. The van der Waals surface area contributed by atoms with Crippen LogP contribution in [0.25, 0.3) is 11.3 Å². The van der Waals surface area contributed by atoms with E-state index in [-0.39, 0.29) is 18.1 Å². The van der Waals surface area contributed by atoms with Crippen LogP contribution in [0.5, 0.6) is 0 Å². The number of ether oxygens (including phenoxy) is 1. The number of benzene rings is 2. The summed E-state index contributed by atoms with van der Waals surface area (Å²) in [6.07, 6.45) is 0.848. The van der Waals surface area contributed by atoms with Crippen LogP contribution in [0.15, 0.2) is 53.9 Å². The van der Waals surface area contributed by atoms with Gasteiger partial charge in [0.2, 0.25) is 5.91 Å².